The molecular formula is C11H24NO+. The van der Waals surface area contributed by atoms with Crippen molar-refractivity contribution in [3.63, 3.8) is 0 Å². The summed E-state index contributed by atoms with van der Waals surface area (Å²) in [5, 5.41) is 8.76. The smallest absolute Gasteiger partial charge is 0.0793 e. The van der Waals surface area contributed by atoms with E-state index in [-0.39, 0.29) is 0 Å². The summed E-state index contributed by atoms with van der Waals surface area (Å²) in [7, 11) is 0. The number of nitrogens with one attached hydrogen (secondary N) is 1. The summed E-state index contributed by atoms with van der Waals surface area (Å²) in [5.41, 5.74) is 0. The van der Waals surface area contributed by atoms with E-state index < -0.39 is 0 Å². The molecule has 1 saturated heterocycles. The summed E-state index contributed by atoms with van der Waals surface area (Å²) >= 11 is 0. The van der Waals surface area contributed by atoms with Gasteiger partial charge in [0.2, 0.25) is 0 Å². The highest BCUT2D eigenvalue weighted by molar-refractivity contribution is 4.48. The van der Waals surface area contributed by atoms with E-state index >= 15 is 0 Å². The van der Waals surface area contributed by atoms with Crippen LogP contribution < -0.4 is 4.90 Å². The highest BCUT2D eigenvalue weighted by atomic mass is 16.3. The third kappa shape index (κ3) is 5.27. The molecule has 0 aromatic carbocycles. The first-order valence-electron chi connectivity index (χ1n) is 5.88. The Morgan fingerprint density at radius 2 is 1.38 bits per heavy atom. The molecule has 1 heterocycles. The van der Waals surface area contributed by atoms with Gasteiger partial charge in [-0.1, -0.05) is 12.8 Å². The maximum atomic E-state index is 8.76. The van der Waals surface area contributed by atoms with Crippen molar-refractivity contribution in [1.82, 2.24) is 0 Å². The molecule has 0 unspecified atom stereocenters. The molecule has 0 atom stereocenters. The lowest BCUT2D eigenvalue weighted by Crippen LogP contribution is -3.12. The summed E-state index contributed by atoms with van der Waals surface area (Å²) in [6, 6.07) is 0. The average Bonchev–Trinajstić information content (AvgIpc) is 2.28. The molecule has 0 saturated carbocycles. The molecule has 0 aromatic rings. The maximum Gasteiger partial charge on any atom is 0.0793 e. The van der Waals surface area contributed by atoms with E-state index in [1.165, 1.54) is 58.2 Å². The molecule has 1 fully saturated rings. The van der Waals surface area contributed by atoms with Gasteiger partial charge in [-0.05, 0) is 25.7 Å². The number of quaternary nitrogens is 1. The van der Waals surface area contributed by atoms with Crippen molar-refractivity contribution >= 4 is 0 Å². The third-order valence-corrected chi connectivity index (χ3v) is 3.00. The molecule has 0 aliphatic carbocycles. The number of rotatable bonds is 3. The Hall–Kier alpha value is -0.0800. The maximum absolute atomic E-state index is 8.76. The lowest BCUT2D eigenvalue weighted by Gasteiger charge is -2.17. The molecule has 0 bridgehead atoms. The molecule has 0 radical (unpaired) electrons. The van der Waals surface area contributed by atoms with E-state index in [1.54, 1.807) is 4.90 Å². The number of aliphatic hydroxyl groups is 1. The first-order chi connectivity index (χ1) is 6.43. The second-order valence-electron chi connectivity index (χ2n) is 4.20. The summed E-state index contributed by atoms with van der Waals surface area (Å²) in [4.78, 5) is 1.72. The highest BCUT2D eigenvalue weighted by Crippen LogP contribution is 2.05. The summed E-state index contributed by atoms with van der Waals surface area (Å²) in [6.45, 7) is 4.21. The largest absolute Gasteiger partial charge is 0.396 e. The fraction of sp³-hybridized carbons (Fsp3) is 1.00. The standard InChI is InChI=1S/C11H23NO/c13-11-7-10-12-8-5-3-1-2-4-6-9-12/h13H,1-11H2/p+1. The van der Waals surface area contributed by atoms with Crippen molar-refractivity contribution in [3.05, 3.63) is 0 Å². The van der Waals surface area contributed by atoms with Crippen LogP contribution in [0, 0.1) is 0 Å². The quantitative estimate of drug-likeness (QED) is 0.663. The molecule has 1 aliphatic heterocycles. The first kappa shape index (κ1) is 11.0. The highest BCUT2D eigenvalue weighted by Gasteiger charge is 2.09. The Morgan fingerprint density at radius 1 is 0.846 bits per heavy atom. The van der Waals surface area contributed by atoms with Crippen LogP contribution in [0.3, 0.4) is 0 Å². The lowest BCUT2D eigenvalue weighted by atomic mass is 10.1. The minimum absolute atomic E-state index is 0.365. The van der Waals surface area contributed by atoms with Crippen LogP contribution in [0.15, 0.2) is 0 Å². The van der Waals surface area contributed by atoms with Crippen LogP contribution in [0.4, 0.5) is 0 Å². The molecule has 0 amide bonds. The van der Waals surface area contributed by atoms with Crippen molar-refractivity contribution in [3.8, 4) is 0 Å². The summed E-state index contributed by atoms with van der Waals surface area (Å²) < 4.78 is 0. The van der Waals surface area contributed by atoms with Gasteiger partial charge in [0.1, 0.15) is 0 Å². The number of aliphatic hydroxyl groups excluding tert-OH is 1. The topological polar surface area (TPSA) is 24.7 Å². The molecule has 1 rings (SSSR count). The molecule has 0 spiro atoms. The van der Waals surface area contributed by atoms with Gasteiger partial charge in [-0.3, -0.25) is 0 Å². The van der Waals surface area contributed by atoms with E-state index in [4.69, 9.17) is 5.11 Å². The molecule has 1 aliphatic rings. The summed E-state index contributed by atoms with van der Waals surface area (Å²) in [5.74, 6) is 0. The average molecular weight is 186 g/mol. The third-order valence-electron chi connectivity index (χ3n) is 3.00. The molecule has 2 nitrogen and oxygen atoms in total. The van der Waals surface area contributed by atoms with Gasteiger partial charge in [0.15, 0.2) is 0 Å². The first-order valence-corrected chi connectivity index (χ1v) is 5.88. The Kier molecular flexibility index (Phi) is 6.21. The van der Waals surface area contributed by atoms with Crippen LogP contribution in [0.5, 0.6) is 0 Å². The Morgan fingerprint density at radius 3 is 1.92 bits per heavy atom. The molecule has 13 heavy (non-hydrogen) atoms. The van der Waals surface area contributed by atoms with Gasteiger partial charge in [0.05, 0.1) is 19.6 Å². The van der Waals surface area contributed by atoms with Gasteiger partial charge in [-0.25, -0.2) is 0 Å². The Balaban J connectivity index is 2.16. The van der Waals surface area contributed by atoms with Crippen molar-refractivity contribution in [2.45, 2.75) is 44.9 Å². The zero-order valence-corrected chi connectivity index (χ0v) is 8.73. The van der Waals surface area contributed by atoms with Gasteiger partial charge in [-0.2, -0.15) is 0 Å². The molecule has 0 aromatic heterocycles. The monoisotopic (exact) mass is 186 g/mol. The number of hydrogen-bond acceptors (Lipinski definition) is 1. The zero-order chi connectivity index (χ0) is 9.36. The molecular weight excluding hydrogens is 162 g/mol. The predicted molar refractivity (Wildman–Crippen MR) is 55.0 cm³/mol. The predicted octanol–water partition coefficient (Wildman–Crippen LogP) is 0.608. The molecule has 2 N–H and O–H groups in total. The van der Waals surface area contributed by atoms with Gasteiger partial charge >= 0.3 is 0 Å². The second-order valence-corrected chi connectivity index (χ2v) is 4.20. The van der Waals surface area contributed by atoms with Crippen molar-refractivity contribution in [2.75, 3.05) is 26.2 Å². The normalized spacial score (nSPS) is 21.9. The van der Waals surface area contributed by atoms with Crippen LogP contribution >= 0.6 is 0 Å². The van der Waals surface area contributed by atoms with Gasteiger partial charge in [-0.15, -0.1) is 0 Å². The van der Waals surface area contributed by atoms with E-state index in [0.717, 1.165) is 6.42 Å². The lowest BCUT2D eigenvalue weighted by molar-refractivity contribution is -0.900. The van der Waals surface area contributed by atoms with Gasteiger partial charge in [0, 0.05) is 13.0 Å². The number of hydrogen-bond donors (Lipinski definition) is 2. The fourth-order valence-electron chi connectivity index (χ4n) is 2.16. The van der Waals surface area contributed by atoms with Crippen LogP contribution in [0.2, 0.25) is 0 Å². The minimum atomic E-state index is 0.365. The van der Waals surface area contributed by atoms with E-state index in [0.29, 0.717) is 6.61 Å². The van der Waals surface area contributed by atoms with Crippen LogP contribution in [0.25, 0.3) is 0 Å². The molecule has 2 heteroatoms. The Labute approximate surface area is 81.9 Å². The fourth-order valence-corrected chi connectivity index (χ4v) is 2.16. The second kappa shape index (κ2) is 7.34. The van der Waals surface area contributed by atoms with E-state index in [2.05, 4.69) is 0 Å². The summed E-state index contributed by atoms with van der Waals surface area (Å²) in [6.07, 6.45) is 9.47. The van der Waals surface area contributed by atoms with Gasteiger partial charge < -0.3 is 10.0 Å². The SMILES string of the molecule is OCCC[NH+]1CCCCCCCC1. The van der Waals surface area contributed by atoms with Crippen LogP contribution in [-0.4, -0.2) is 31.3 Å². The van der Waals surface area contributed by atoms with Crippen molar-refractivity contribution < 1.29 is 10.0 Å². The van der Waals surface area contributed by atoms with E-state index in [9.17, 15) is 0 Å². The van der Waals surface area contributed by atoms with E-state index in [1.807, 2.05) is 0 Å². The zero-order valence-electron chi connectivity index (χ0n) is 8.73. The minimum Gasteiger partial charge on any atom is -0.396 e. The van der Waals surface area contributed by atoms with Crippen molar-refractivity contribution in [1.29, 1.82) is 0 Å². The molecule has 78 valence electrons. The van der Waals surface area contributed by atoms with Gasteiger partial charge in [0.25, 0.3) is 0 Å². The van der Waals surface area contributed by atoms with Crippen LogP contribution in [0.1, 0.15) is 44.9 Å². The van der Waals surface area contributed by atoms with Crippen LogP contribution in [-0.2, 0) is 0 Å². The Bertz CT molecular complexity index is 107. The van der Waals surface area contributed by atoms with Crippen molar-refractivity contribution in [2.24, 2.45) is 0 Å².